The van der Waals surface area contributed by atoms with Crippen LogP contribution in [0.4, 0.5) is 0 Å². The summed E-state index contributed by atoms with van der Waals surface area (Å²) in [6.45, 7) is 1.79. The lowest BCUT2D eigenvalue weighted by atomic mass is 10.2. The zero-order chi connectivity index (χ0) is 20.4. The molecule has 2 aromatic rings. The van der Waals surface area contributed by atoms with Gasteiger partial charge in [-0.05, 0) is 48.4 Å². The van der Waals surface area contributed by atoms with Crippen molar-refractivity contribution in [3.05, 3.63) is 70.8 Å². The number of hydrogen-bond donors (Lipinski definition) is 1. The van der Waals surface area contributed by atoms with E-state index >= 15 is 0 Å². The second-order valence-electron chi connectivity index (χ2n) is 5.77. The van der Waals surface area contributed by atoms with Crippen molar-refractivity contribution in [1.82, 2.24) is 5.32 Å². The number of nitrogens with zero attached hydrogens (tertiary/aromatic N) is 1. The van der Waals surface area contributed by atoms with E-state index in [1.54, 1.807) is 54.6 Å². The molecule has 0 heterocycles. The third kappa shape index (κ3) is 7.14. The summed E-state index contributed by atoms with van der Waals surface area (Å²) >= 11 is 5.81. The first kappa shape index (κ1) is 21.0. The summed E-state index contributed by atoms with van der Waals surface area (Å²) < 4.78 is 10.2. The molecule has 2 rings (SSSR count). The standard InChI is InChI=1S/C21H19ClN2O4/c1-15(21(26)24-14-17-2-7-18(22)8-3-17)28-20(25)11-6-16-4-9-19(10-5-16)27-13-12-23/h2-11,15H,13-14H2,1H3,(H,24,26)/b11-6+. The van der Waals surface area contributed by atoms with Crippen molar-refractivity contribution in [3.63, 3.8) is 0 Å². The maximum Gasteiger partial charge on any atom is 0.331 e. The van der Waals surface area contributed by atoms with Crippen LogP contribution in [0.15, 0.2) is 54.6 Å². The maximum atomic E-state index is 12.0. The summed E-state index contributed by atoms with van der Waals surface area (Å²) in [7, 11) is 0. The van der Waals surface area contributed by atoms with Crippen molar-refractivity contribution in [1.29, 1.82) is 5.26 Å². The van der Waals surface area contributed by atoms with Crippen LogP contribution in [0.3, 0.4) is 0 Å². The highest BCUT2D eigenvalue weighted by Gasteiger charge is 2.16. The Bertz CT molecular complexity index is 871. The molecule has 0 bridgehead atoms. The molecule has 0 aliphatic rings. The smallest absolute Gasteiger partial charge is 0.331 e. The SMILES string of the molecule is CC(OC(=O)/C=C/c1ccc(OCC#N)cc1)C(=O)NCc1ccc(Cl)cc1. The topological polar surface area (TPSA) is 88.4 Å². The molecule has 0 radical (unpaired) electrons. The molecule has 1 atom stereocenters. The van der Waals surface area contributed by atoms with E-state index in [1.807, 2.05) is 6.07 Å². The highest BCUT2D eigenvalue weighted by atomic mass is 35.5. The Hall–Kier alpha value is -3.30. The van der Waals surface area contributed by atoms with Crippen molar-refractivity contribution < 1.29 is 19.1 Å². The number of nitriles is 1. The predicted octanol–water partition coefficient (Wildman–Crippen LogP) is 3.50. The molecule has 1 amide bonds. The van der Waals surface area contributed by atoms with E-state index in [9.17, 15) is 9.59 Å². The summed E-state index contributed by atoms with van der Waals surface area (Å²) in [5, 5.41) is 11.8. The summed E-state index contributed by atoms with van der Waals surface area (Å²) in [6.07, 6.45) is 1.88. The second kappa shape index (κ2) is 10.8. The van der Waals surface area contributed by atoms with Gasteiger partial charge in [0.25, 0.3) is 5.91 Å². The highest BCUT2D eigenvalue weighted by Crippen LogP contribution is 2.13. The van der Waals surface area contributed by atoms with Gasteiger partial charge in [-0.3, -0.25) is 4.79 Å². The van der Waals surface area contributed by atoms with Crippen LogP contribution in [0.5, 0.6) is 5.75 Å². The third-order valence-electron chi connectivity index (χ3n) is 3.64. The number of hydrogen-bond acceptors (Lipinski definition) is 5. The maximum absolute atomic E-state index is 12.0. The zero-order valence-corrected chi connectivity index (χ0v) is 16.0. The van der Waals surface area contributed by atoms with Gasteiger partial charge in [-0.2, -0.15) is 5.26 Å². The number of ether oxygens (including phenoxy) is 2. The largest absolute Gasteiger partial charge is 0.479 e. The fourth-order valence-corrected chi connectivity index (χ4v) is 2.28. The Morgan fingerprint density at radius 3 is 2.50 bits per heavy atom. The second-order valence-corrected chi connectivity index (χ2v) is 6.21. The van der Waals surface area contributed by atoms with Gasteiger partial charge < -0.3 is 14.8 Å². The minimum absolute atomic E-state index is 0.0283. The van der Waals surface area contributed by atoms with Crippen LogP contribution in [0.1, 0.15) is 18.1 Å². The molecule has 0 aliphatic carbocycles. The van der Waals surface area contributed by atoms with E-state index < -0.39 is 18.0 Å². The molecule has 28 heavy (non-hydrogen) atoms. The third-order valence-corrected chi connectivity index (χ3v) is 3.89. The van der Waals surface area contributed by atoms with Crippen LogP contribution in [0.25, 0.3) is 6.08 Å². The summed E-state index contributed by atoms with van der Waals surface area (Å²) in [6, 6.07) is 15.8. The zero-order valence-electron chi connectivity index (χ0n) is 15.2. The first-order chi connectivity index (χ1) is 13.5. The van der Waals surface area contributed by atoms with E-state index in [0.717, 1.165) is 11.1 Å². The Morgan fingerprint density at radius 2 is 1.86 bits per heavy atom. The lowest BCUT2D eigenvalue weighted by Gasteiger charge is -2.12. The summed E-state index contributed by atoms with van der Waals surface area (Å²) in [5.41, 5.74) is 1.64. The number of benzene rings is 2. The molecule has 0 aromatic heterocycles. The van der Waals surface area contributed by atoms with Crippen molar-refractivity contribution >= 4 is 29.6 Å². The Labute approximate surface area is 168 Å². The van der Waals surface area contributed by atoms with Gasteiger partial charge in [-0.25, -0.2) is 4.79 Å². The van der Waals surface area contributed by atoms with Gasteiger partial charge in [0, 0.05) is 17.6 Å². The molecule has 2 aromatic carbocycles. The number of carbonyl (C=O) groups excluding carboxylic acids is 2. The molecule has 7 heteroatoms. The monoisotopic (exact) mass is 398 g/mol. The van der Waals surface area contributed by atoms with E-state index in [1.165, 1.54) is 13.0 Å². The molecule has 0 saturated heterocycles. The molecule has 1 unspecified atom stereocenters. The first-order valence-electron chi connectivity index (χ1n) is 8.48. The number of nitrogens with one attached hydrogen (secondary N) is 1. The van der Waals surface area contributed by atoms with Crippen LogP contribution >= 0.6 is 11.6 Å². The molecular weight excluding hydrogens is 380 g/mol. The van der Waals surface area contributed by atoms with Crippen molar-refractivity contribution in [2.24, 2.45) is 0 Å². The number of carbonyl (C=O) groups is 2. The molecular formula is C21H19ClN2O4. The fraction of sp³-hybridized carbons (Fsp3) is 0.190. The number of halogens is 1. The quantitative estimate of drug-likeness (QED) is 0.543. The van der Waals surface area contributed by atoms with Crippen LogP contribution in [-0.2, 0) is 20.9 Å². The number of rotatable bonds is 8. The minimum Gasteiger partial charge on any atom is -0.479 e. The van der Waals surface area contributed by atoms with E-state index in [4.69, 9.17) is 26.3 Å². The van der Waals surface area contributed by atoms with E-state index in [0.29, 0.717) is 17.3 Å². The van der Waals surface area contributed by atoms with Gasteiger partial charge in [-0.15, -0.1) is 0 Å². The van der Waals surface area contributed by atoms with Gasteiger partial charge in [0.15, 0.2) is 12.7 Å². The molecule has 0 fully saturated rings. The van der Waals surface area contributed by atoms with Crippen molar-refractivity contribution in [2.45, 2.75) is 19.6 Å². The van der Waals surface area contributed by atoms with E-state index in [-0.39, 0.29) is 6.61 Å². The van der Waals surface area contributed by atoms with Gasteiger partial charge in [-0.1, -0.05) is 35.9 Å². The lowest BCUT2D eigenvalue weighted by molar-refractivity contribution is -0.150. The van der Waals surface area contributed by atoms with Crippen LogP contribution in [0.2, 0.25) is 5.02 Å². The Kier molecular flexibility index (Phi) is 8.07. The van der Waals surface area contributed by atoms with Gasteiger partial charge >= 0.3 is 5.97 Å². The fourth-order valence-electron chi connectivity index (χ4n) is 2.16. The molecule has 144 valence electrons. The van der Waals surface area contributed by atoms with Crippen LogP contribution < -0.4 is 10.1 Å². The number of esters is 1. The lowest BCUT2D eigenvalue weighted by Crippen LogP contribution is -2.35. The van der Waals surface area contributed by atoms with Crippen LogP contribution in [0, 0.1) is 11.3 Å². The Balaban J connectivity index is 1.79. The van der Waals surface area contributed by atoms with Crippen molar-refractivity contribution in [3.8, 4) is 11.8 Å². The molecule has 0 spiro atoms. The first-order valence-corrected chi connectivity index (χ1v) is 8.86. The Morgan fingerprint density at radius 1 is 1.18 bits per heavy atom. The minimum atomic E-state index is -0.925. The summed E-state index contributed by atoms with van der Waals surface area (Å²) in [5.74, 6) is -0.457. The predicted molar refractivity (Wildman–Crippen MR) is 105 cm³/mol. The van der Waals surface area contributed by atoms with E-state index in [2.05, 4.69) is 5.32 Å². The normalized spacial score (nSPS) is 11.5. The molecule has 6 nitrogen and oxygen atoms in total. The average molecular weight is 399 g/mol. The highest BCUT2D eigenvalue weighted by molar-refractivity contribution is 6.30. The molecule has 0 saturated carbocycles. The average Bonchev–Trinajstić information content (AvgIpc) is 2.70. The molecule has 0 aliphatic heterocycles. The van der Waals surface area contributed by atoms with Gasteiger partial charge in [0.05, 0.1) is 0 Å². The number of amides is 1. The molecule has 1 N–H and O–H groups in total. The van der Waals surface area contributed by atoms with Gasteiger partial charge in [0.1, 0.15) is 11.8 Å². The van der Waals surface area contributed by atoms with Crippen LogP contribution in [-0.4, -0.2) is 24.6 Å². The van der Waals surface area contributed by atoms with Crippen molar-refractivity contribution in [2.75, 3.05) is 6.61 Å². The van der Waals surface area contributed by atoms with Gasteiger partial charge in [0.2, 0.25) is 0 Å². The summed E-state index contributed by atoms with van der Waals surface area (Å²) in [4.78, 5) is 23.9.